The van der Waals surface area contributed by atoms with Gasteiger partial charge in [0.2, 0.25) is 5.89 Å². The first-order valence-corrected chi connectivity index (χ1v) is 8.49. The smallest absolute Gasteiger partial charge is 0.228 e. The topological polar surface area (TPSA) is 75.3 Å². The van der Waals surface area contributed by atoms with Gasteiger partial charge in [-0.1, -0.05) is 37.8 Å². The highest BCUT2D eigenvalue weighted by atomic mass is 16.5. The molecular weight excluding hydrogens is 278 g/mol. The molecule has 0 aliphatic carbocycles. The summed E-state index contributed by atoms with van der Waals surface area (Å²) in [5.41, 5.74) is 0. The van der Waals surface area contributed by atoms with E-state index in [-0.39, 0.29) is 0 Å². The number of hydrogen-bond acceptors (Lipinski definition) is 4. The molecule has 1 aromatic heterocycles. The van der Waals surface area contributed by atoms with Gasteiger partial charge >= 0.3 is 0 Å². The molecule has 1 atom stereocenters. The van der Waals surface area contributed by atoms with E-state index in [4.69, 9.17) is 4.52 Å². The predicted molar refractivity (Wildman–Crippen MR) is 90.1 cm³/mol. The quantitative estimate of drug-likeness (QED) is 0.395. The maximum Gasteiger partial charge on any atom is 0.228 e. The molecule has 22 heavy (non-hydrogen) atoms. The minimum atomic E-state index is 0.431. The SMILES string of the molecule is CCCCCCC(C)NC(=NCCc1nc(C)no1)NCC. The van der Waals surface area contributed by atoms with Gasteiger partial charge in [-0.2, -0.15) is 4.98 Å². The first-order chi connectivity index (χ1) is 10.7. The summed E-state index contributed by atoms with van der Waals surface area (Å²) in [6.07, 6.45) is 7.02. The molecule has 1 aromatic rings. The van der Waals surface area contributed by atoms with E-state index in [1.165, 1.54) is 32.1 Å². The molecule has 0 aromatic carbocycles. The molecule has 0 spiro atoms. The highest BCUT2D eigenvalue weighted by Crippen LogP contribution is 2.05. The Kier molecular flexibility index (Phi) is 9.26. The Morgan fingerprint density at radius 3 is 2.73 bits per heavy atom. The van der Waals surface area contributed by atoms with Crippen LogP contribution >= 0.6 is 0 Å². The molecule has 6 heteroatoms. The van der Waals surface area contributed by atoms with Crippen molar-refractivity contribution in [3.05, 3.63) is 11.7 Å². The Morgan fingerprint density at radius 2 is 2.09 bits per heavy atom. The van der Waals surface area contributed by atoms with Crippen LogP contribution in [0.25, 0.3) is 0 Å². The van der Waals surface area contributed by atoms with Gasteiger partial charge in [-0.3, -0.25) is 4.99 Å². The summed E-state index contributed by atoms with van der Waals surface area (Å²) in [6, 6.07) is 0.431. The van der Waals surface area contributed by atoms with Crippen molar-refractivity contribution < 1.29 is 4.52 Å². The van der Waals surface area contributed by atoms with Crippen LogP contribution < -0.4 is 10.6 Å². The molecule has 0 aliphatic heterocycles. The van der Waals surface area contributed by atoms with Crippen molar-refractivity contribution in [2.75, 3.05) is 13.1 Å². The lowest BCUT2D eigenvalue weighted by atomic mass is 10.1. The summed E-state index contributed by atoms with van der Waals surface area (Å²) < 4.78 is 5.09. The van der Waals surface area contributed by atoms with E-state index in [0.29, 0.717) is 30.7 Å². The molecule has 0 radical (unpaired) electrons. The van der Waals surface area contributed by atoms with Gasteiger partial charge in [0.15, 0.2) is 11.8 Å². The van der Waals surface area contributed by atoms with E-state index in [0.717, 1.165) is 12.5 Å². The van der Waals surface area contributed by atoms with E-state index in [2.05, 4.69) is 46.5 Å². The molecule has 0 saturated heterocycles. The first-order valence-electron chi connectivity index (χ1n) is 8.49. The van der Waals surface area contributed by atoms with Crippen molar-refractivity contribution in [1.29, 1.82) is 0 Å². The first kappa shape index (κ1) is 18.5. The van der Waals surface area contributed by atoms with Gasteiger partial charge in [0, 0.05) is 19.0 Å². The van der Waals surface area contributed by atoms with Gasteiger partial charge in [0.05, 0.1) is 6.54 Å². The number of nitrogens with zero attached hydrogens (tertiary/aromatic N) is 3. The van der Waals surface area contributed by atoms with Gasteiger partial charge in [-0.25, -0.2) is 0 Å². The number of hydrogen-bond donors (Lipinski definition) is 2. The van der Waals surface area contributed by atoms with Crippen molar-refractivity contribution >= 4 is 5.96 Å². The van der Waals surface area contributed by atoms with E-state index in [1.807, 2.05) is 6.92 Å². The lowest BCUT2D eigenvalue weighted by Gasteiger charge is -2.17. The second-order valence-corrected chi connectivity index (χ2v) is 5.64. The number of guanidine groups is 1. The van der Waals surface area contributed by atoms with Gasteiger partial charge in [0.1, 0.15) is 0 Å². The fourth-order valence-corrected chi connectivity index (χ4v) is 2.21. The molecule has 0 amide bonds. The minimum Gasteiger partial charge on any atom is -0.357 e. The second kappa shape index (κ2) is 11.0. The maximum atomic E-state index is 5.09. The number of rotatable bonds is 10. The van der Waals surface area contributed by atoms with Crippen molar-refractivity contribution in [1.82, 2.24) is 20.8 Å². The summed E-state index contributed by atoms with van der Waals surface area (Å²) >= 11 is 0. The van der Waals surface area contributed by atoms with Crippen LogP contribution in [0.15, 0.2) is 9.52 Å². The average Bonchev–Trinajstić information content (AvgIpc) is 2.89. The monoisotopic (exact) mass is 309 g/mol. The van der Waals surface area contributed by atoms with E-state index in [9.17, 15) is 0 Å². The van der Waals surface area contributed by atoms with Crippen LogP contribution in [0.2, 0.25) is 0 Å². The van der Waals surface area contributed by atoms with E-state index >= 15 is 0 Å². The summed E-state index contributed by atoms with van der Waals surface area (Å²) in [4.78, 5) is 8.75. The summed E-state index contributed by atoms with van der Waals surface area (Å²) in [5.74, 6) is 2.18. The molecule has 0 aliphatic rings. The van der Waals surface area contributed by atoms with Crippen LogP contribution in [0.3, 0.4) is 0 Å². The zero-order chi connectivity index (χ0) is 16.2. The summed E-state index contributed by atoms with van der Waals surface area (Å²) in [6.45, 7) is 9.84. The third-order valence-electron chi connectivity index (χ3n) is 3.38. The van der Waals surface area contributed by atoms with Crippen LogP contribution in [0.5, 0.6) is 0 Å². The molecule has 0 bridgehead atoms. The zero-order valence-corrected chi connectivity index (χ0v) is 14.5. The van der Waals surface area contributed by atoms with Crippen molar-refractivity contribution in [3.8, 4) is 0 Å². The van der Waals surface area contributed by atoms with Gasteiger partial charge in [-0.15, -0.1) is 0 Å². The van der Waals surface area contributed by atoms with Gasteiger partial charge in [-0.05, 0) is 27.2 Å². The number of nitrogens with one attached hydrogen (secondary N) is 2. The van der Waals surface area contributed by atoms with Crippen LogP contribution in [0, 0.1) is 6.92 Å². The van der Waals surface area contributed by atoms with Crippen LogP contribution in [0.4, 0.5) is 0 Å². The van der Waals surface area contributed by atoms with Crippen LogP contribution in [-0.2, 0) is 6.42 Å². The van der Waals surface area contributed by atoms with Gasteiger partial charge < -0.3 is 15.2 Å². The van der Waals surface area contributed by atoms with Crippen molar-refractivity contribution in [2.45, 2.75) is 72.3 Å². The third kappa shape index (κ3) is 8.00. The lowest BCUT2D eigenvalue weighted by molar-refractivity contribution is 0.376. The van der Waals surface area contributed by atoms with Gasteiger partial charge in [0.25, 0.3) is 0 Å². The normalized spacial score (nSPS) is 13.2. The van der Waals surface area contributed by atoms with Crippen LogP contribution in [0.1, 0.15) is 64.6 Å². The van der Waals surface area contributed by atoms with Crippen molar-refractivity contribution in [2.24, 2.45) is 4.99 Å². The molecular formula is C16H31N5O. The van der Waals surface area contributed by atoms with E-state index in [1.54, 1.807) is 0 Å². The standard InChI is InChI=1S/C16H31N5O/c1-5-7-8-9-10-13(3)19-16(17-6-2)18-12-11-15-20-14(4)21-22-15/h13H,5-12H2,1-4H3,(H2,17,18,19). The molecule has 1 rings (SSSR count). The molecule has 1 unspecified atom stereocenters. The lowest BCUT2D eigenvalue weighted by Crippen LogP contribution is -2.42. The Hall–Kier alpha value is -1.59. The Morgan fingerprint density at radius 1 is 1.27 bits per heavy atom. The molecule has 1 heterocycles. The molecule has 0 saturated carbocycles. The Bertz CT molecular complexity index is 430. The highest BCUT2D eigenvalue weighted by molar-refractivity contribution is 5.80. The maximum absolute atomic E-state index is 5.09. The average molecular weight is 309 g/mol. The Labute approximate surface area is 134 Å². The third-order valence-corrected chi connectivity index (χ3v) is 3.38. The number of aliphatic imine (C=N–C) groups is 1. The predicted octanol–water partition coefficient (Wildman–Crippen LogP) is 2.83. The number of unbranched alkanes of at least 4 members (excludes halogenated alkanes) is 3. The number of aromatic nitrogens is 2. The molecule has 6 nitrogen and oxygen atoms in total. The second-order valence-electron chi connectivity index (χ2n) is 5.64. The Balaban J connectivity index is 2.34. The molecule has 2 N–H and O–H groups in total. The van der Waals surface area contributed by atoms with E-state index < -0.39 is 0 Å². The zero-order valence-electron chi connectivity index (χ0n) is 14.5. The summed E-state index contributed by atoms with van der Waals surface area (Å²) in [5, 5.41) is 10.5. The fourth-order valence-electron chi connectivity index (χ4n) is 2.21. The fraction of sp³-hybridized carbons (Fsp3) is 0.812. The molecule has 126 valence electrons. The minimum absolute atomic E-state index is 0.431. The van der Waals surface area contributed by atoms with Crippen molar-refractivity contribution in [3.63, 3.8) is 0 Å². The summed E-state index contributed by atoms with van der Waals surface area (Å²) in [7, 11) is 0. The highest BCUT2D eigenvalue weighted by Gasteiger charge is 2.06. The van der Waals surface area contributed by atoms with Crippen LogP contribution in [-0.4, -0.2) is 35.2 Å². The number of aryl methyl sites for hydroxylation is 1. The largest absolute Gasteiger partial charge is 0.357 e. The molecule has 0 fully saturated rings.